The van der Waals surface area contributed by atoms with E-state index in [1.54, 1.807) is 12.4 Å². The van der Waals surface area contributed by atoms with Crippen molar-refractivity contribution in [2.45, 2.75) is 13.0 Å². The van der Waals surface area contributed by atoms with Crippen molar-refractivity contribution >= 4 is 21.7 Å². The number of rotatable bonds is 7. The van der Waals surface area contributed by atoms with E-state index in [1.165, 1.54) is 0 Å². The zero-order valence-corrected chi connectivity index (χ0v) is 16.7. The third-order valence-corrected chi connectivity index (χ3v) is 4.65. The number of hydrogen-bond acceptors (Lipinski definition) is 5. The summed E-state index contributed by atoms with van der Waals surface area (Å²) in [4.78, 5) is 17.8. The Balaban J connectivity index is 1.58. The van der Waals surface area contributed by atoms with Gasteiger partial charge in [0.1, 0.15) is 5.82 Å². The number of anilines is 1. The van der Waals surface area contributed by atoms with Crippen molar-refractivity contribution in [1.82, 2.24) is 24.5 Å². The van der Waals surface area contributed by atoms with Gasteiger partial charge in [-0.3, -0.25) is 4.98 Å². The van der Waals surface area contributed by atoms with Crippen LogP contribution in [0.15, 0.2) is 78.1 Å². The summed E-state index contributed by atoms with van der Waals surface area (Å²) >= 11 is 3.48. The van der Waals surface area contributed by atoms with Gasteiger partial charge in [-0.2, -0.15) is 0 Å². The normalized spacial score (nSPS) is 10.8. The molecule has 3 aromatic heterocycles. The minimum atomic E-state index is 0.690. The topological polar surface area (TPSA) is 68.5 Å². The van der Waals surface area contributed by atoms with Crippen LogP contribution in [-0.4, -0.2) is 31.0 Å². The molecule has 6 nitrogen and oxygen atoms in total. The third kappa shape index (κ3) is 4.61. The molecule has 0 saturated heterocycles. The maximum Gasteiger partial charge on any atom is 0.162 e. The quantitative estimate of drug-likeness (QED) is 0.428. The number of aryl methyl sites for hydroxylation is 1. The molecule has 0 amide bonds. The van der Waals surface area contributed by atoms with Crippen molar-refractivity contribution in [2.75, 3.05) is 11.9 Å². The Morgan fingerprint density at radius 3 is 2.64 bits per heavy atom. The summed E-state index contributed by atoms with van der Waals surface area (Å²) < 4.78 is 2.98. The molecule has 140 valence electrons. The van der Waals surface area contributed by atoms with Gasteiger partial charge >= 0.3 is 0 Å². The molecule has 0 fully saturated rings. The second-order valence-corrected chi connectivity index (χ2v) is 7.22. The summed E-state index contributed by atoms with van der Waals surface area (Å²) in [5, 5.41) is 3.43. The van der Waals surface area contributed by atoms with Crippen molar-refractivity contribution in [3.63, 3.8) is 0 Å². The zero-order chi connectivity index (χ0) is 19.2. The molecule has 3 heterocycles. The summed E-state index contributed by atoms with van der Waals surface area (Å²) in [6.45, 7) is 1.71. The van der Waals surface area contributed by atoms with E-state index in [4.69, 9.17) is 9.97 Å². The molecule has 0 spiro atoms. The molecule has 0 aliphatic heterocycles. The molecule has 0 aliphatic carbocycles. The molecular formula is C21H19BrN6. The van der Waals surface area contributed by atoms with Gasteiger partial charge in [0.2, 0.25) is 0 Å². The number of nitrogens with zero attached hydrogens (tertiary/aromatic N) is 5. The van der Waals surface area contributed by atoms with Gasteiger partial charge in [-0.05, 0) is 28.4 Å². The predicted molar refractivity (Wildman–Crippen MR) is 114 cm³/mol. The lowest BCUT2D eigenvalue weighted by Gasteiger charge is -2.11. The minimum Gasteiger partial charge on any atom is -0.370 e. The Hall–Kier alpha value is -3.06. The predicted octanol–water partition coefficient (Wildman–Crippen LogP) is 4.67. The van der Waals surface area contributed by atoms with E-state index < -0.39 is 0 Å². The molecule has 0 radical (unpaired) electrons. The number of hydrogen-bond donors (Lipinski definition) is 1. The smallest absolute Gasteiger partial charge is 0.162 e. The van der Waals surface area contributed by atoms with Crippen LogP contribution >= 0.6 is 15.9 Å². The average molecular weight is 435 g/mol. The molecule has 28 heavy (non-hydrogen) atoms. The highest BCUT2D eigenvalue weighted by atomic mass is 79.9. The fourth-order valence-corrected chi connectivity index (χ4v) is 3.22. The number of halogens is 1. The van der Waals surface area contributed by atoms with Gasteiger partial charge in [-0.1, -0.05) is 30.3 Å². The number of benzene rings is 1. The number of nitrogens with one attached hydrogen (secondary N) is 1. The van der Waals surface area contributed by atoms with Crippen LogP contribution in [0.3, 0.4) is 0 Å². The zero-order valence-electron chi connectivity index (χ0n) is 15.2. The standard InChI is InChI=1S/C21H19BrN6/c22-18-11-17(13-24-14-18)19-12-20(25-7-4-9-28-10-8-23-15-28)27-21(26-19)16-5-2-1-3-6-16/h1-3,5-6,8,10-15H,4,7,9H2,(H,25,26,27). The van der Waals surface area contributed by atoms with Gasteiger partial charge in [0.05, 0.1) is 12.0 Å². The molecule has 0 aliphatic rings. The second-order valence-electron chi connectivity index (χ2n) is 6.30. The first kappa shape index (κ1) is 18.3. The molecule has 7 heteroatoms. The van der Waals surface area contributed by atoms with Crippen LogP contribution in [0.1, 0.15) is 6.42 Å². The molecule has 4 rings (SSSR count). The molecule has 0 atom stereocenters. The van der Waals surface area contributed by atoms with Crippen molar-refractivity contribution < 1.29 is 0 Å². The Morgan fingerprint density at radius 2 is 1.86 bits per heavy atom. The van der Waals surface area contributed by atoms with Gasteiger partial charge in [-0.15, -0.1) is 0 Å². The van der Waals surface area contributed by atoms with Gasteiger partial charge < -0.3 is 9.88 Å². The summed E-state index contributed by atoms with van der Waals surface area (Å²) in [6.07, 6.45) is 10.1. The van der Waals surface area contributed by atoms with E-state index in [1.807, 2.05) is 61.2 Å². The first-order valence-corrected chi connectivity index (χ1v) is 9.82. The van der Waals surface area contributed by atoms with Crippen LogP contribution in [-0.2, 0) is 6.54 Å². The lowest BCUT2D eigenvalue weighted by molar-refractivity contribution is 0.660. The summed E-state index contributed by atoms with van der Waals surface area (Å²) in [6, 6.07) is 14.0. The first-order chi connectivity index (χ1) is 13.8. The molecule has 0 bridgehead atoms. The molecule has 0 saturated carbocycles. The van der Waals surface area contributed by atoms with E-state index in [-0.39, 0.29) is 0 Å². The highest BCUT2D eigenvalue weighted by Gasteiger charge is 2.09. The van der Waals surface area contributed by atoms with Gasteiger partial charge in [-0.25, -0.2) is 15.0 Å². The molecular weight excluding hydrogens is 416 g/mol. The van der Waals surface area contributed by atoms with E-state index in [0.29, 0.717) is 5.82 Å². The summed E-state index contributed by atoms with van der Waals surface area (Å²) in [5.74, 6) is 1.49. The molecule has 1 aromatic carbocycles. The largest absolute Gasteiger partial charge is 0.370 e. The van der Waals surface area contributed by atoms with E-state index in [9.17, 15) is 0 Å². The Kier molecular flexibility index (Phi) is 5.72. The Bertz CT molecular complexity index is 1030. The average Bonchev–Trinajstić information content (AvgIpc) is 3.25. The van der Waals surface area contributed by atoms with Crippen LogP contribution in [0.2, 0.25) is 0 Å². The lowest BCUT2D eigenvalue weighted by atomic mass is 10.1. The minimum absolute atomic E-state index is 0.690. The van der Waals surface area contributed by atoms with Crippen LogP contribution in [0.5, 0.6) is 0 Å². The lowest BCUT2D eigenvalue weighted by Crippen LogP contribution is -2.08. The highest BCUT2D eigenvalue weighted by molar-refractivity contribution is 9.10. The number of pyridine rings is 1. The molecule has 1 N–H and O–H groups in total. The van der Waals surface area contributed by atoms with Crippen LogP contribution in [0.25, 0.3) is 22.6 Å². The van der Waals surface area contributed by atoms with E-state index in [0.717, 1.165) is 46.6 Å². The first-order valence-electron chi connectivity index (χ1n) is 9.03. The Morgan fingerprint density at radius 1 is 0.964 bits per heavy atom. The van der Waals surface area contributed by atoms with Crippen LogP contribution in [0, 0.1) is 0 Å². The Labute approximate surface area is 171 Å². The van der Waals surface area contributed by atoms with Gasteiger partial charge in [0.25, 0.3) is 0 Å². The van der Waals surface area contributed by atoms with Crippen LogP contribution in [0.4, 0.5) is 5.82 Å². The van der Waals surface area contributed by atoms with E-state index >= 15 is 0 Å². The van der Waals surface area contributed by atoms with Gasteiger partial charge in [0, 0.05) is 59.5 Å². The van der Waals surface area contributed by atoms with Crippen LogP contribution < -0.4 is 5.32 Å². The summed E-state index contributed by atoms with van der Waals surface area (Å²) in [7, 11) is 0. The second kappa shape index (κ2) is 8.75. The van der Waals surface area contributed by atoms with E-state index in [2.05, 4.69) is 35.8 Å². The van der Waals surface area contributed by atoms with Crippen molar-refractivity contribution in [1.29, 1.82) is 0 Å². The van der Waals surface area contributed by atoms with Crippen molar-refractivity contribution in [3.05, 3.63) is 78.1 Å². The fourth-order valence-electron chi connectivity index (χ4n) is 2.85. The SMILES string of the molecule is Brc1cncc(-c2cc(NCCCn3ccnc3)nc(-c3ccccc3)n2)c1. The van der Waals surface area contributed by atoms with Crippen molar-refractivity contribution in [3.8, 4) is 22.6 Å². The maximum absolute atomic E-state index is 4.76. The fraction of sp³-hybridized carbons (Fsp3) is 0.143. The number of imidazole rings is 1. The maximum atomic E-state index is 4.76. The molecule has 4 aromatic rings. The third-order valence-electron chi connectivity index (χ3n) is 4.22. The monoisotopic (exact) mass is 434 g/mol. The van der Waals surface area contributed by atoms with Gasteiger partial charge in [0.15, 0.2) is 5.82 Å². The summed E-state index contributed by atoms with van der Waals surface area (Å²) in [5.41, 5.74) is 2.75. The number of aromatic nitrogens is 5. The highest BCUT2D eigenvalue weighted by Crippen LogP contribution is 2.25. The van der Waals surface area contributed by atoms with Crippen molar-refractivity contribution in [2.24, 2.45) is 0 Å². The molecule has 0 unspecified atom stereocenters.